The molecule has 29 heavy (non-hydrogen) atoms. The Bertz CT molecular complexity index is 1000. The molecule has 1 unspecified atom stereocenters. The molecule has 0 aromatic heterocycles. The molecule has 3 N–H and O–H groups in total. The molecule has 0 radical (unpaired) electrons. The van der Waals surface area contributed by atoms with Crippen LogP contribution in [0.15, 0.2) is 70.8 Å². The van der Waals surface area contributed by atoms with Crippen molar-refractivity contribution in [2.24, 2.45) is 5.73 Å². The van der Waals surface area contributed by atoms with E-state index in [0.29, 0.717) is 0 Å². The topological polar surface area (TPSA) is 101 Å². The molecular formula is C21H19BrN2O4S. The maximum absolute atomic E-state index is 13.8. The lowest BCUT2D eigenvalue weighted by Crippen LogP contribution is -2.74. The van der Waals surface area contributed by atoms with Crippen LogP contribution in [0.3, 0.4) is 0 Å². The Morgan fingerprint density at radius 1 is 1.14 bits per heavy atom. The van der Waals surface area contributed by atoms with Crippen LogP contribution >= 0.6 is 15.9 Å². The Morgan fingerprint density at radius 3 is 2.07 bits per heavy atom. The van der Waals surface area contributed by atoms with Gasteiger partial charge in [-0.1, -0.05) is 76.6 Å². The van der Waals surface area contributed by atoms with Crippen LogP contribution in [0.25, 0.3) is 0 Å². The number of carbonyl (C=O) groups excluding carboxylic acids is 1. The Morgan fingerprint density at radius 2 is 1.62 bits per heavy atom. The number of β-lactam (4-membered cyclic amide) rings is 1. The minimum atomic E-state index is -1.67. The number of aliphatic carboxylic acids is 1. The highest BCUT2D eigenvalue weighted by molar-refractivity contribution is 9.12. The van der Waals surface area contributed by atoms with Gasteiger partial charge in [-0.15, -0.1) is 0 Å². The molecule has 2 aromatic rings. The average Bonchev–Trinajstić information content (AvgIpc) is 2.73. The molecule has 2 aliphatic heterocycles. The quantitative estimate of drug-likeness (QED) is 0.662. The smallest absolute Gasteiger partial charge is 0.353 e. The van der Waals surface area contributed by atoms with E-state index in [9.17, 15) is 18.9 Å². The van der Waals surface area contributed by atoms with Crippen molar-refractivity contribution in [3.8, 4) is 0 Å². The molecule has 2 heterocycles. The molecule has 0 aliphatic carbocycles. The molecule has 1 saturated heterocycles. The van der Waals surface area contributed by atoms with Crippen LogP contribution in [-0.4, -0.2) is 42.3 Å². The number of rotatable bonds is 4. The van der Waals surface area contributed by atoms with E-state index < -0.39 is 44.8 Å². The standard InChI is InChI=1S/C21H19BrN2O4S/c1-21(14(12-8-4-2-5-9-12)13-10-6-3-7-11-13)17(22)16(20(26)27)24-18(25)15(23)19(24)29(21)28/h2-11,14-15,19H,23H2,1H3,(H,26,27)/t15-,19-,21?,29-/m1/s1. The molecule has 2 aliphatic rings. The van der Waals surface area contributed by atoms with Crippen LogP contribution in [0.2, 0.25) is 0 Å². The summed E-state index contributed by atoms with van der Waals surface area (Å²) in [4.78, 5) is 25.4. The summed E-state index contributed by atoms with van der Waals surface area (Å²) in [6, 6.07) is 18.1. The molecule has 8 heteroatoms. The van der Waals surface area contributed by atoms with Crippen LogP contribution in [-0.2, 0) is 20.4 Å². The highest BCUT2D eigenvalue weighted by Gasteiger charge is 2.63. The maximum atomic E-state index is 13.8. The van der Waals surface area contributed by atoms with E-state index in [2.05, 4.69) is 15.9 Å². The maximum Gasteiger partial charge on any atom is 0.353 e. The highest BCUT2D eigenvalue weighted by Crippen LogP contribution is 2.53. The number of fused-ring (bicyclic) bond motifs is 1. The van der Waals surface area contributed by atoms with Gasteiger partial charge in [0.1, 0.15) is 17.1 Å². The van der Waals surface area contributed by atoms with Gasteiger partial charge in [-0.05, 0) is 18.1 Å². The van der Waals surface area contributed by atoms with E-state index in [1.165, 1.54) is 0 Å². The zero-order chi connectivity index (χ0) is 20.9. The molecule has 150 valence electrons. The summed E-state index contributed by atoms with van der Waals surface area (Å²) in [5.74, 6) is -2.21. The fraction of sp³-hybridized carbons (Fsp3) is 0.238. The number of halogens is 1. The lowest BCUT2D eigenvalue weighted by atomic mass is 9.80. The molecule has 0 bridgehead atoms. The van der Waals surface area contributed by atoms with E-state index in [1.807, 2.05) is 60.7 Å². The van der Waals surface area contributed by atoms with E-state index in [1.54, 1.807) is 6.92 Å². The van der Waals surface area contributed by atoms with Crippen molar-refractivity contribution < 1.29 is 18.9 Å². The van der Waals surface area contributed by atoms with Gasteiger partial charge >= 0.3 is 5.97 Å². The predicted octanol–water partition coefficient (Wildman–Crippen LogP) is 2.53. The van der Waals surface area contributed by atoms with Crippen LogP contribution in [0.1, 0.15) is 24.0 Å². The normalized spacial score (nSPS) is 28.9. The number of nitrogens with zero attached hydrogens (tertiary/aromatic N) is 1. The van der Waals surface area contributed by atoms with Crippen LogP contribution in [0.5, 0.6) is 0 Å². The van der Waals surface area contributed by atoms with Crippen molar-refractivity contribution in [1.29, 1.82) is 0 Å². The molecule has 2 aromatic carbocycles. The van der Waals surface area contributed by atoms with Gasteiger partial charge < -0.3 is 10.8 Å². The summed E-state index contributed by atoms with van der Waals surface area (Å²) in [6.07, 6.45) is 0. The number of nitrogens with two attached hydrogens (primary N) is 1. The SMILES string of the molecule is CC1(C(c2ccccc2)c2ccccc2)C(Br)=C(C(=O)O)N2C(=O)[C@@H](N)[C@H]2[S@]1=O. The van der Waals surface area contributed by atoms with Gasteiger partial charge in [-0.2, -0.15) is 0 Å². The van der Waals surface area contributed by atoms with Gasteiger partial charge in [0.05, 0.1) is 15.5 Å². The Balaban J connectivity index is 2.00. The monoisotopic (exact) mass is 474 g/mol. The molecule has 4 rings (SSSR count). The molecule has 1 fully saturated rings. The first kappa shape index (κ1) is 20.0. The summed E-state index contributed by atoms with van der Waals surface area (Å²) >= 11 is 3.43. The van der Waals surface area contributed by atoms with Crippen molar-refractivity contribution >= 4 is 38.6 Å². The lowest BCUT2D eigenvalue weighted by molar-refractivity contribution is -0.148. The van der Waals surface area contributed by atoms with E-state index in [0.717, 1.165) is 16.0 Å². The molecule has 1 amide bonds. The van der Waals surface area contributed by atoms with Gasteiger partial charge in [0.2, 0.25) is 5.91 Å². The summed E-state index contributed by atoms with van der Waals surface area (Å²) in [7, 11) is -1.67. The minimum absolute atomic E-state index is 0.194. The lowest BCUT2D eigenvalue weighted by Gasteiger charge is -2.54. The van der Waals surface area contributed by atoms with Crippen molar-refractivity contribution in [2.45, 2.75) is 29.0 Å². The third-order valence-corrected chi connectivity index (χ3v) is 9.31. The molecular weight excluding hydrogens is 456 g/mol. The molecule has 0 saturated carbocycles. The zero-order valence-electron chi connectivity index (χ0n) is 15.5. The number of amides is 1. The van der Waals surface area contributed by atoms with Gasteiger partial charge in [-0.3, -0.25) is 13.9 Å². The third-order valence-electron chi connectivity index (χ3n) is 5.63. The van der Waals surface area contributed by atoms with E-state index >= 15 is 0 Å². The number of hydrogen-bond donors (Lipinski definition) is 2. The third kappa shape index (κ3) is 2.81. The first-order chi connectivity index (χ1) is 13.8. The van der Waals surface area contributed by atoms with Gasteiger partial charge in [0.25, 0.3) is 0 Å². The first-order valence-corrected chi connectivity index (χ1v) is 11.0. The zero-order valence-corrected chi connectivity index (χ0v) is 17.9. The summed E-state index contributed by atoms with van der Waals surface area (Å²) < 4.78 is 12.9. The Labute approximate surface area is 179 Å². The number of carboxylic acids is 1. The van der Waals surface area contributed by atoms with Crippen molar-refractivity contribution in [2.75, 3.05) is 0 Å². The molecule has 6 nitrogen and oxygen atoms in total. The molecule has 0 spiro atoms. The van der Waals surface area contributed by atoms with E-state index in [4.69, 9.17) is 5.73 Å². The Hall–Kier alpha value is -2.29. The first-order valence-electron chi connectivity index (χ1n) is 9.03. The second-order valence-electron chi connectivity index (χ2n) is 7.25. The van der Waals surface area contributed by atoms with E-state index in [-0.39, 0.29) is 10.2 Å². The van der Waals surface area contributed by atoms with Gasteiger partial charge in [0, 0.05) is 10.4 Å². The van der Waals surface area contributed by atoms with Crippen LogP contribution < -0.4 is 5.73 Å². The highest BCUT2D eigenvalue weighted by atomic mass is 79.9. The molecule has 4 atom stereocenters. The largest absolute Gasteiger partial charge is 0.477 e. The predicted molar refractivity (Wildman–Crippen MR) is 113 cm³/mol. The van der Waals surface area contributed by atoms with Gasteiger partial charge in [-0.25, -0.2) is 4.79 Å². The number of carbonyl (C=O) groups is 2. The fourth-order valence-electron chi connectivity index (χ4n) is 4.19. The van der Waals surface area contributed by atoms with Crippen molar-refractivity contribution in [1.82, 2.24) is 4.90 Å². The Kier molecular flexibility index (Phi) is 4.96. The van der Waals surface area contributed by atoms with Crippen molar-refractivity contribution in [3.63, 3.8) is 0 Å². The minimum Gasteiger partial charge on any atom is -0.477 e. The van der Waals surface area contributed by atoms with Crippen molar-refractivity contribution in [3.05, 3.63) is 82.0 Å². The average molecular weight is 475 g/mol. The van der Waals surface area contributed by atoms with Crippen LogP contribution in [0.4, 0.5) is 0 Å². The fourth-order valence-corrected chi connectivity index (χ4v) is 7.32. The number of benzene rings is 2. The van der Waals surface area contributed by atoms with Gasteiger partial charge in [0.15, 0.2) is 0 Å². The second kappa shape index (κ2) is 7.19. The summed E-state index contributed by atoms with van der Waals surface area (Å²) in [6.45, 7) is 1.77. The number of carboxylic acid groups (broad SMARTS) is 1. The second-order valence-corrected chi connectivity index (χ2v) is 9.97. The summed E-state index contributed by atoms with van der Waals surface area (Å²) in [5.41, 5.74) is 7.55. The van der Waals surface area contributed by atoms with Crippen LogP contribution in [0, 0.1) is 0 Å². The summed E-state index contributed by atoms with van der Waals surface area (Å²) in [5, 5.41) is 8.97. The number of hydrogen-bond acceptors (Lipinski definition) is 4.